The number of piperidine rings is 2. The van der Waals surface area contributed by atoms with E-state index in [1.54, 1.807) is 6.20 Å². The van der Waals surface area contributed by atoms with E-state index in [0.717, 1.165) is 63.2 Å². The summed E-state index contributed by atoms with van der Waals surface area (Å²) in [5.41, 5.74) is 0.727. The van der Waals surface area contributed by atoms with Crippen molar-refractivity contribution in [3.8, 4) is 0 Å². The maximum atomic E-state index is 12.8. The van der Waals surface area contributed by atoms with Crippen molar-refractivity contribution in [1.82, 2.24) is 14.8 Å². The van der Waals surface area contributed by atoms with Crippen LogP contribution in [0.1, 0.15) is 56.3 Å². The molecule has 24 heavy (non-hydrogen) atoms. The Balaban J connectivity index is 1.65. The van der Waals surface area contributed by atoms with Gasteiger partial charge in [0.05, 0.1) is 5.56 Å². The minimum absolute atomic E-state index is 0.130. The third-order valence-corrected chi connectivity index (χ3v) is 5.28. The number of carbonyl (C=O) groups is 1. The zero-order valence-corrected chi connectivity index (χ0v) is 15.0. The molecule has 0 radical (unpaired) electrons. The summed E-state index contributed by atoms with van der Waals surface area (Å²) in [6.07, 6.45) is 7.44. The molecule has 2 aliphatic heterocycles. The number of aromatic nitrogens is 1. The fourth-order valence-electron chi connectivity index (χ4n) is 3.71. The molecule has 0 unspecified atom stereocenters. The van der Waals surface area contributed by atoms with E-state index in [2.05, 4.69) is 29.0 Å². The van der Waals surface area contributed by atoms with E-state index in [1.165, 1.54) is 6.42 Å². The summed E-state index contributed by atoms with van der Waals surface area (Å²) >= 11 is 0. The zero-order chi connectivity index (χ0) is 16.9. The van der Waals surface area contributed by atoms with Gasteiger partial charge in [0.1, 0.15) is 5.82 Å². The highest BCUT2D eigenvalue weighted by atomic mass is 16.2. The molecule has 3 heterocycles. The molecule has 0 spiro atoms. The van der Waals surface area contributed by atoms with E-state index in [-0.39, 0.29) is 5.91 Å². The van der Waals surface area contributed by atoms with Crippen LogP contribution in [0, 0.1) is 0 Å². The predicted molar refractivity (Wildman–Crippen MR) is 97.3 cm³/mol. The summed E-state index contributed by atoms with van der Waals surface area (Å²) in [5.74, 6) is 0.890. The van der Waals surface area contributed by atoms with Gasteiger partial charge < -0.3 is 15.1 Å². The van der Waals surface area contributed by atoms with Crippen LogP contribution in [0.25, 0.3) is 0 Å². The number of likely N-dealkylation sites (tertiary alicyclic amines) is 2. The van der Waals surface area contributed by atoms with Gasteiger partial charge in [-0.3, -0.25) is 4.79 Å². The van der Waals surface area contributed by atoms with Gasteiger partial charge in [-0.15, -0.1) is 0 Å². The van der Waals surface area contributed by atoms with E-state index < -0.39 is 0 Å². The molecule has 1 amide bonds. The van der Waals surface area contributed by atoms with Gasteiger partial charge in [-0.25, -0.2) is 4.98 Å². The lowest BCUT2D eigenvalue weighted by molar-refractivity contribution is 0.0725. The van der Waals surface area contributed by atoms with Crippen LogP contribution < -0.4 is 5.32 Å². The second-order valence-electron chi connectivity index (χ2n) is 7.30. The Morgan fingerprint density at radius 3 is 2.54 bits per heavy atom. The highest BCUT2D eigenvalue weighted by Crippen LogP contribution is 2.22. The number of hydrogen-bond acceptors (Lipinski definition) is 4. The van der Waals surface area contributed by atoms with Crippen LogP contribution in [0.3, 0.4) is 0 Å². The summed E-state index contributed by atoms with van der Waals surface area (Å²) in [6, 6.07) is 4.79. The molecule has 5 heteroatoms. The number of carbonyl (C=O) groups excluding carboxylic acids is 1. The largest absolute Gasteiger partial charge is 0.367 e. The Bertz CT molecular complexity index is 546. The molecular weight excluding hydrogens is 300 g/mol. The zero-order valence-electron chi connectivity index (χ0n) is 15.0. The average Bonchev–Trinajstić information content (AvgIpc) is 2.63. The molecule has 5 nitrogen and oxygen atoms in total. The first-order valence-electron chi connectivity index (χ1n) is 9.40. The van der Waals surface area contributed by atoms with E-state index in [4.69, 9.17) is 0 Å². The Labute approximate surface area is 145 Å². The van der Waals surface area contributed by atoms with Crippen LogP contribution in [0.15, 0.2) is 18.3 Å². The molecule has 0 atom stereocenters. The number of nitrogens with one attached hydrogen (secondary N) is 1. The number of nitrogens with zero attached hydrogens (tertiary/aromatic N) is 3. The summed E-state index contributed by atoms with van der Waals surface area (Å²) in [4.78, 5) is 21.8. The van der Waals surface area contributed by atoms with Gasteiger partial charge in [0, 0.05) is 44.5 Å². The molecule has 0 aliphatic carbocycles. The van der Waals surface area contributed by atoms with E-state index in [9.17, 15) is 4.79 Å². The third kappa shape index (κ3) is 4.07. The summed E-state index contributed by atoms with van der Waals surface area (Å²) in [7, 11) is 0. The quantitative estimate of drug-likeness (QED) is 0.922. The van der Waals surface area contributed by atoms with Crippen LogP contribution in [0.4, 0.5) is 5.82 Å². The minimum atomic E-state index is 0.130. The number of rotatable bonds is 4. The summed E-state index contributed by atoms with van der Waals surface area (Å²) in [6.45, 7) is 8.47. The van der Waals surface area contributed by atoms with Crippen LogP contribution >= 0.6 is 0 Å². The summed E-state index contributed by atoms with van der Waals surface area (Å²) in [5, 5.41) is 3.54. The van der Waals surface area contributed by atoms with E-state index in [1.807, 2.05) is 17.0 Å². The molecule has 0 aromatic carbocycles. The maximum absolute atomic E-state index is 12.8. The molecular formula is C19H30N4O. The molecule has 1 aromatic rings. The van der Waals surface area contributed by atoms with Gasteiger partial charge in [0.25, 0.3) is 5.91 Å². The van der Waals surface area contributed by atoms with Crippen molar-refractivity contribution < 1.29 is 4.79 Å². The summed E-state index contributed by atoms with van der Waals surface area (Å²) < 4.78 is 0. The Morgan fingerprint density at radius 2 is 1.88 bits per heavy atom. The first kappa shape index (κ1) is 17.2. The van der Waals surface area contributed by atoms with Crippen molar-refractivity contribution in [3.63, 3.8) is 0 Å². The van der Waals surface area contributed by atoms with Gasteiger partial charge in [0.2, 0.25) is 0 Å². The Morgan fingerprint density at radius 1 is 1.17 bits per heavy atom. The van der Waals surface area contributed by atoms with Crippen molar-refractivity contribution in [3.05, 3.63) is 23.9 Å². The van der Waals surface area contributed by atoms with Crippen molar-refractivity contribution in [2.75, 3.05) is 31.5 Å². The van der Waals surface area contributed by atoms with E-state index >= 15 is 0 Å². The Kier molecular flexibility index (Phi) is 5.72. The first-order valence-corrected chi connectivity index (χ1v) is 9.40. The molecule has 2 saturated heterocycles. The second kappa shape index (κ2) is 7.97. The van der Waals surface area contributed by atoms with Crippen molar-refractivity contribution in [2.24, 2.45) is 0 Å². The number of anilines is 1. The van der Waals surface area contributed by atoms with Crippen LogP contribution in [-0.4, -0.2) is 59.0 Å². The van der Waals surface area contributed by atoms with Crippen molar-refractivity contribution in [1.29, 1.82) is 0 Å². The standard InChI is InChI=1S/C19H30N4O/c1-15(2)22-13-8-16(9-14-22)21-18-17(7-6-10-20-18)19(24)23-11-4-3-5-12-23/h6-7,10,15-16H,3-5,8-9,11-14H2,1-2H3,(H,20,21). The molecule has 3 rings (SSSR count). The van der Waals surface area contributed by atoms with Gasteiger partial charge in [-0.2, -0.15) is 0 Å². The minimum Gasteiger partial charge on any atom is -0.367 e. The fraction of sp³-hybridized carbons (Fsp3) is 0.684. The SMILES string of the molecule is CC(C)N1CCC(Nc2ncccc2C(=O)N2CCCCC2)CC1. The lowest BCUT2D eigenvalue weighted by Crippen LogP contribution is -2.43. The van der Waals surface area contributed by atoms with Gasteiger partial charge in [-0.1, -0.05) is 0 Å². The molecule has 132 valence electrons. The molecule has 2 fully saturated rings. The molecule has 2 aliphatic rings. The van der Waals surface area contributed by atoms with Crippen molar-refractivity contribution >= 4 is 11.7 Å². The second-order valence-corrected chi connectivity index (χ2v) is 7.30. The Hall–Kier alpha value is -1.62. The topological polar surface area (TPSA) is 48.5 Å². The predicted octanol–water partition coefficient (Wildman–Crippen LogP) is 2.99. The third-order valence-electron chi connectivity index (χ3n) is 5.28. The van der Waals surface area contributed by atoms with Gasteiger partial charge in [-0.05, 0) is 58.1 Å². The number of pyridine rings is 1. The highest BCUT2D eigenvalue weighted by molar-refractivity contribution is 5.98. The maximum Gasteiger partial charge on any atom is 0.257 e. The van der Waals surface area contributed by atoms with Gasteiger partial charge in [0.15, 0.2) is 0 Å². The number of hydrogen-bond donors (Lipinski definition) is 1. The molecule has 1 aromatic heterocycles. The molecule has 1 N–H and O–H groups in total. The molecule has 0 bridgehead atoms. The molecule has 0 saturated carbocycles. The first-order chi connectivity index (χ1) is 11.6. The van der Waals surface area contributed by atoms with Crippen molar-refractivity contribution in [2.45, 2.75) is 58.0 Å². The lowest BCUT2D eigenvalue weighted by atomic mass is 10.0. The lowest BCUT2D eigenvalue weighted by Gasteiger charge is -2.35. The monoisotopic (exact) mass is 330 g/mol. The van der Waals surface area contributed by atoms with Crippen LogP contribution in [-0.2, 0) is 0 Å². The highest BCUT2D eigenvalue weighted by Gasteiger charge is 2.25. The number of amides is 1. The smallest absolute Gasteiger partial charge is 0.257 e. The van der Waals surface area contributed by atoms with Crippen LogP contribution in [0.2, 0.25) is 0 Å². The normalized spacial score (nSPS) is 20.4. The fourth-order valence-corrected chi connectivity index (χ4v) is 3.71. The average molecular weight is 330 g/mol. The van der Waals surface area contributed by atoms with Crippen LogP contribution in [0.5, 0.6) is 0 Å². The van der Waals surface area contributed by atoms with Gasteiger partial charge >= 0.3 is 0 Å². The van der Waals surface area contributed by atoms with E-state index in [0.29, 0.717) is 12.1 Å².